The maximum Gasteiger partial charge on any atom is 0.243 e. The van der Waals surface area contributed by atoms with E-state index in [1.54, 1.807) is 36.5 Å². The molecule has 0 unspecified atom stereocenters. The van der Waals surface area contributed by atoms with Crippen LogP contribution in [0.5, 0.6) is 0 Å². The van der Waals surface area contributed by atoms with Crippen molar-refractivity contribution in [1.82, 2.24) is 4.98 Å². The summed E-state index contributed by atoms with van der Waals surface area (Å²) in [5.74, 6) is -0.0706. The molecule has 14 heavy (non-hydrogen) atoms. The van der Waals surface area contributed by atoms with E-state index in [4.69, 9.17) is 5.73 Å². The molecule has 0 saturated heterocycles. The van der Waals surface area contributed by atoms with Crippen LogP contribution in [0.25, 0.3) is 0 Å². The summed E-state index contributed by atoms with van der Waals surface area (Å²) < 4.78 is 0. The summed E-state index contributed by atoms with van der Waals surface area (Å²) in [5, 5.41) is 0. The van der Waals surface area contributed by atoms with Gasteiger partial charge in [0.2, 0.25) is 5.91 Å². The van der Waals surface area contributed by atoms with E-state index in [9.17, 15) is 4.79 Å². The molecule has 1 heterocycles. The fraction of sp³-hybridized carbons (Fsp3) is 0.400. The fourth-order valence-electron chi connectivity index (χ4n) is 1.12. The van der Waals surface area contributed by atoms with E-state index < -0.39 is 6.04 Å². The smallest absolute Gasteiger partial charge is 0.243 e. The summed E-state index contributed by atoms with van der Waals surface area (Å²) in [7, 11) is 1.72. The van der Waals surface area contributed by atoms with Gasteiger partial charge in [-0.05, 0) is 18.6 Å². The maximum absolute atomic E-state index is 11.7. The molecule has 0 aromatic carbocycles. The minimum absolute atomic E-state index is 0.0706. The highest BCUT2D eigenvalue weighted by molar-refractivity contribution is 5.96. The number of amides is 1. The standard InChI is InChI=1S/C10H15N3O/c1-3-9(11)10(14)13(2)8-4-6-12-7-5-8/h4-7,9H,3,11H2,1-2H3/t9-/m0/s1. The first-order valence-electron chi connectivity index (χ1n) is 4.60. The normalized spacial score (nSPS) is 12.2. The van der Waals surface area contributed by atoms with E-state index in [1.807, 2.05) is 6.92 Å². The minimum Gasteiger partial charge on any atom is -0.320 e. The van der Waals surface area contributed by atoms with E-state index in [0.717, 1.165) is 5.69 Å². The lowest BCUT2D eigenvalue weighted by atomic mass is 10.2. The van der Waals surface area contributed by atoms with Gasteiger partial charge < -0.3 is 10.6 Å². The first-order valence-corrected chi connectivity index (χ1v) is 4.60. The Morgan fingerprint density at radius 3 is 2.64 bits per heavy atom. The molecule has 0 aliphatic carbocycles. The molecule has 0 spiro atoms. The predicted molar refractivity (Wildman–Crippen MR) is 55.9 cm³/mol. The van der Waals surface area contributed by atoms with E-state index in [0.29, 0.717) is 6.42 Å². The number of likely N-dealkylation sites (N-methyl/N-ethyl adjacent to an activating group) is 1. The number of hydrogen-bond donors (Lipinski definition) is 1. The average molecular weight is 193 g/mol. The van der Waals surface area contributed by atoms with Gasteiger partial charge in [0.25, 0.3) is 0 Å². The largest absolute Gasteiger partial charge is 0.320 e. The topological polar surface area (TPSA) is 59.2 Å². The van der Waals surface area contributed by atoms with Crippen LogP contribution in [0.4, 0.5) is 5.69 Å². The molecule has 0 fully saturated rings. The summed E-state index contributed by atoms with van der Waals surface area (Å²) in [5.41, 5.74) is 6.46. The Kier molecular flexibility index (Phi) is 3.59. The molecule has 0 radical (unpaired) electrons. The Hall–Kier alpha value is -1.42. The van der Waals surface area contributed by atoms with Crippen molar-refractivity contribution >= 4 is 11.6 Å². The summed E-state index contributed by atoms with van der Waals surface area (Å²) in [6.45, 7) is 1.89. The lowest BCUT2D eigenvalue weighted by Gasteiger charge is -2.20. The summed E-state index contributed by atoms with van der Waals surface area (Å²) >= 11 is 0. The van der Waals surface area contributed by atoms with Crippen molar-refractivity contribution in [2.75, 3.05) is 11.9 Å². The Bertz CT molecular complexity index is 299. The molecule has 0 saturated carbocycles. The second-order valence-electron chi connectivity index (χ2n) is 3.12. The van der Waals surface area contributed by atoms with Gasteiger partial charge in [-0.1, -0.05) is 6.92 Å². The van der Waals surface area contributed by atoms with E-state index in [-0.39, 0.29) is 5.91 Å². The molecule has 4 heteroatoms. The lowest BCUT2D eigenvalue weighted by molar-refractivity contribution is -0.119. The van der Waals surface area contributed by atoms with Crippen LogP contribution >= 0.6 is 0 Å². The number of nitrogens with two attached hydrogens (primary N) is 1. The third kappa shape index (κ3) is 2.29. The van der Waals surface area contributed by atoms with E-state index >= 15 is 0 Å². The van der Waals surface area contributed by atoms with Crippen molar-refractivity contribution in [3.05, 3.63) is 24.5 Å². The molecule has 0 aliphatic heterocycles. The van der Waals surface area contributed by atoms with Crippen molar-refractivity contribution < 1.29 is 4.79 Å². The van der Waals surface area contributed by atoms with Crippen LogP contribution < -0.4 is 10.6 Å². The molecule has 1 aromatic heterocycles. The van der Waals surface area contributed by atoms with Crippen LogP contribution in [0.3, 0.4) is 0 Å². The van der Waals surface area contributed by atoms with Gasteiger partial charge in [0.1, 0.15) is 0 Å². The quantitative estimate of drug-likeness (QED) is 0.771. The van der Waals surface area contributed by atoms with Crippen molar-refractivity contribution in [3.8, 4) is 0 Å². The van der Waals surface area contributed by atoms with Gasteiger partial charge in [0, 0.05) is 25.1 Å². The highest BCUT2D eigenvalue weighted by atomic mass is 16.2. The molecule has 4 nitrogen and oxygen atoms in total. The number of pyridine rings is 1. The van der Waals surface area contributed by atoms with Gasteiger partial charge in [-0.15, -0.1) is 0 Å². The number of rotatable bonds is 3. The third-order valence-electron chi connectivity index (χ3n) is 2.14. The van der Waals surface area contributed by atoms with Gasteiger partial charge >= 0.3 is 0 Å². The SMILES string of the molecule is CC[C@H](N)C(=O)N(C)c1ccncc1. The third-order valence-corrected chi connectivity index (χ3v) is 2.14. The maximum atomic E-state index is 11.7. The van der Waals surface area contributed by atoms with Crippen molar-refractivity contribution in [2.45, 2.75) is 19.4 Å². The van der Waals surface area contributed by atoms with Gasteiger partial charge in [0.15, 0.2) is 0 Å². The van der Waals surface area contributed by atoms with Crippen LogP contribution in [0.1, 0.15) is 13.3 Å². The molecule has 1 atom stereocenters. The van der Waals surface area contributed by atoms with Crippen LogP contribution in [-0.2, 0) is 4.79 Å². The first-order chi connectivity index (χ1) is 6.66. The molecule has 0 bridgehead atoms. The minimum atomic E-state index is -0.423. The van der Waals surface area contributed by atoms with Gasteiger partial charge in [-0.25, -0.2) is 0 Å². The average Bonchev–Trinajstić information content (AvgIpc) is 2.27. The van der Waals surface area contributed by atoms with E-state index in [2.05, 4.69) is 4.98 Å². The number of anilines is 1. The monoisotopic (exact) mass is 193 g/mol. The molecule has 0 aliphatic rings. The molecular weight excluding hydrogens is 178 g/mol. The van der Waals surface area contributed by atoms with Gasteiger partial charge in [-0.3, -0.25) is 9.78 Å². The highest BCUT2D eigenvalue weighted by Gasteiger charge is 2.16. The fourth-order valence-corrected chi connectivity index (χ4v) is 1.12. The van der Waals surface area contributed by atoms with Crippen LogP contribution in [-0.4, -0.2) is 24.0 Å². The van der Waals surface area contributed by atoms with Crippen molar-refractivity contribution in [3.63, 3.8) is 0 Å². The lowest BCUT2D eigenvalue weighted by Crippen LogP contribution is -2.41. The Morgan fingerprint density at radius 1 is 1.57 bits per heavy atom. The summed E-state index contributed by atoms with van der Waals surface area (Å²) in [6.07, 6.45) is 3.95. The molecule has 1 amide bonds. The highest BCUT2D eigenvalue weighted by Crippen LogP contribution is 2.11. The molecule has 76 valence electrons. The Balaban J connectivity index is 2.76. The summed E-state index contributed by atoms with van der Waals surface area (Å²) in [4.78, 5) is 17.1. The van der Waals surface area contributed by atoms with Crippen LogP contribution in [0.15, 0.2) is 24.5 Å². The molecule has 1 aromatic rings. The zero-order valence-electron chi connectivity index (χ0n) is 8.47. The zero-order chi connectivity index (χ0) is 10.6. The number of aromatic nitrogens is 1. The van der Waals surface area contributed by atoms with Crippen molar-refractivity contribution in [2.24, 2.45) is 5.73 Å². The molecule has 1 rings (SSSR count). The number of carbonyl (C=O) groups is 1. The first kappa shape index (κ1) is 10.7. The zero-order valence-corrected chi connectivity index (χ0v) is 8.47. The van der Waals surface area contributed by atoms with Crippen LogP contribution in [0.2, 0.25) is 0 Å². The van der Waals surface area contributed by atoms with Crippen LogP contribution in [0, 0.1) is 0 Å². The van der Waals surface area contributed by atoms with Gasteiger partial charge in [-0.2, -0.15) is 0 Å². The molecule has 2 N–H and O–H groups in total. The Labute approximate surface area is 83.7 Å². The van der Waals surface area contributed by atoms with Crippen molar-refractivity contribution in [1.29, 1.82) is 0 Å². The Morgan fingerprint density at radius 2 is 2.14 bits per heavy atom. The second-order valence-corrected chi connectivity index (χ2v) is 3.12. The van der Waals surface area contributed by atoms with Gasteiger partial charge in [0.05, 0.1) is 6.04 Å². The predicted octanol–water partition coefficient (Wildman–Crippen LogP) is 0.782. The summed E-state index contributed by atoms with van der Waals surface area (Å²) in [6, 6.07) is 3.13. The second kappa shape index (κ2) is 4.72. The number of nitrogens with zero attached hydrogens (tertiary/aromatic N) is 2. The molecular formula is C10H15N3O. The number of carbonyl (C=O) groups excluding carboxylic acids is 1. The number of hydrogen-bond acceptors (Lipinski definition) is 3. The van der Waals surface area contributed by atoms with E-state index in [1.165, 1.54) is 0 Å².